The molecule has 0 spiro atoms. The van der Waals surface area contributed by atoms with Gasteiger partial charge in [0.2, 0.25) is 0 Å². The minimum atomic E-state index is -0.131. The zero-order valence-corrected chi connectivity index (χ0v) is 12.5. The van der Waals surface area contributed by atoms with Crippen molar-refractivity contribution in [3.63, 3.8) is 0 Å². The number of hydrogen-bond acceptors (Lipinski definition) is 2. The second-order valence-corrected chi connectivity index (χ2v) is 7.46. The highest BCUT2D eigenvalue weighted by molar-refractivity contribution is 7.99. The van der Waals surface area contributed by atoms with Gasteiger partial charge in [0.1, 0.15) is 0 Å². The van der Waals surface area contributed by atoms with E-state index < -0.39 is 0 Å². The molecule has 104 valence electrons. The number of aliphatic hydroxyl groups is 1. The Kier molecular flexibility index (Phi) is 4.18. The summed E-state index contributed by atoms with van der Waals surface area (Å²) in [6.45, 7) is 2.14. The van der Waals surface area contributed by atoms with Crippen LogP contribution in [-0.2, 0) is 0 Å². The van der Waals surface area contributed by atoms with Crippen LogP contribution in [0.4, 0.5) is 0 Å². The van der Waals surface area contributed by atoms with Crippen molar-refractivity contribution >= 4 is 11.8 Å². The van der Waals surface area contributed by atoms with Gasteiger partial charge in [-0.2, -0.15) is 0 Å². The topological polar surface area (TPSA) is 20.2 Å². The van der Waals surface area contributed by atoms with Crippen LogP contribution >= 0.6 is 11.8 Å². The van der Waals surface area contributed by atoms with Gasteiger partial charge in [-0.15, -0.1) is 11.8 Å². The maximum atomic E-state index is 10.3. The van der Waals surface area contributed by atoms with Gasteiger partial charge in [0.25, 0.3) is 0 Å². The molecule has 1 N–H and O–H groups in total. The van der Waals surface area contributed by atoms with Gasteiger partial charge in [0.05, 0.1) is 6.10 Å². The van der Waals surface area contributed by atoms with Crippen LogP contribution in [0.5, 0.6) is 0 Å². The van der Waals surface area contributed by atoms with Gasteiger partial charge in [-0.05, 0) is 62.0 Å². The molecule has 2 saturated carbocycles. The molecule has 3 rings (SSSR count). The van der Waals surface area contributed by atoms with E-state index in [9.17, 15) is 5.11 Å². The third-order valence-corrected chi connectivity index (χ3v) is 6.30. The molecule has 1 nitrogen and oxygen atoms in total. The summed E-state index contributed by atoms with van der Waals surface area (Å²) in [4.78, 5) is 1.31. The Morgan fingerprint density at radius 3 is 2.79 bits per heavy atom. The quantitative estimate of drug-likeness (QED) is 0.810. The largest absolute Gasteiger partial charge is 0.392 e. The van der Waals surface area contributed by atoms with Crippen LogP contribution in [0.2, 0.25) is 0 Å². The third-order valence-electron chi connectivity index (χ3n) is 4.98. The monoisotopic (exact) mass is 276 g/mol. The van der Waals surface area contributed by atoms with E-state index in [1.165, 1.54) is 36.1 Å². The molecule has 2 fully saturated rings. The summed E-state index contributed by atoms with van der Waals surface area (Å²) in [5.41, 5.74) is 1.32. The summed E-state index contributed by atoms with van der Waals surface area (Å²) in [5.74, 6) is 3.58. The average Bonchev–Trinajstić information content (AvgIpc) is 3.00. The average molecular weight is 276 g/mol. The van der Waals surface area contributed by atoms with Crippen molar-refractivity contribution in [1.29, 1.82) is 0 Å². The zero-order chi connectivity index (χ0) is 13.2. The van der Waals surface area contributed by atoms with Gasteiger partial charge in [0.15, 0.2) is 0 Å². The summed E-state index contributed by atoms with van der Waals surface area (Å²) < 4.78 is 0. The number of thioether (sulfide) groups is 1. The predicted molar refractivity (Wildman–Crippen MR) is 81.5 cm³/mol. The Hall–Kier alpha value is -0.470. The van der Waals surface area contributed by atoms with E-state index in [1.807, 2.05) is 11.8 Å². The molecule has 4 atom stereocenters. The second kappa shape index (κ2) is 5.88. The van der Waals surface area contributed by atoms with E-state index in [0.29, 0.717) is 0 Å². The van der Waals surface area contributed by atoms with E-state index in [1.54, 1.807) is 0 Å². The van der Waals surface area contributed by atoms with Crippen LogP contribution in [0.25, 0.3) is 0 Å². The molecule has 0 heterocycles. The Labute approximate surface area is 120 Å². The molecule has 0 aromatic heterocycles. The van der Waals surface area contributed by atoms with Crippen LogP contribution in [-0.4, -0.2) is 17.0 Å². The molecular formula is C17H24OS. The van der Waals surface area contributed by atoms with Crippen LogP contribution in [0.1, 0.15) is 37.7 Å². The smallest absolute Gasteiger partial charge is 0.0636 e. The van der Waals surface area contributed by atoms with Gasteiger partial charge in [-0.3, -0.25) is 0 Å². The van der Waals surface area contributed by atoms with Crippen LogP contribution < -0.4 is 0 Å². The fourth-order valence-electron chi connectivity index (χ4n) is 3.99. The van der Waals surface area contributed by atoms with E-state index in [2.05, 4.69) is 31.2 Å². The molecule has 2 aliphatic carbocycles. The van der Waals surface area contributed by atoms with E-state index in [4.69, 9.17) is 0 Å². The normalized spacial score (nSPS) is 30.7. The maximum absolute atomic E-state index is 10.3. The fourth-order valence-corrected chi connectivity index (χ4v) is 4.97. The molecule has 2 heteroatoms. The van der Waals surface area contributed by atoms with E-state index in [-0.39, 0.29) is 6.10 Å². The van der Waals surface area contributed by atoms with Gasteiger partial charge in [0, 0.05) is 10.6 Å². The summed E-state index contributed by atoms with van der Waals surface area (Å²) in [6.07, 6.45) is 6.61. The van der Waals surface area contributed by atoms with Crippen molar-refractivity contribution in [3.8, 4) is 0 Å². The first-order valence-corrected chi connectivity index (χ1v) is 8.57. The van der Waals surface area contributed by atoms with Gasteiger partial charge in [-0.1, -0.05) is 24.6 Å². The number of fused-ring (bicyclic) bond motifs is 2. The summed E-state index contributed by atoms with van der Waals surface area (Å²) in [6, 6.07) is 8.46. The Bertz CT molecular complexity index is 431. The molecular weight excluding hydrogens is 252 g/mol. The fraction of sp³-hybridized carbons (Fsp3) is 0.647. The minimum absolute atomic E-state index is 0.131. The lowest BCUT2D eigenvalue weighted by Gasteiger charge is -2.24. The van der Waals surface area contributed by atoms with Crippen molar-refractivity contribution in [1.82, 2.24) is 0 Å². The van der Waals surface area contributed by atoms with Crippen LogP contribution in [0.15, 0.2) is 29.2 Å². The predicted octanol–water partition coefficient (Wildman–Crippen LogP) is 4.27. The Morgan fingerprint density at radius 2 is 2.11 bits per heavy atom. The third kappa shape index (κ3) is 3.17. The molecule has 1 aromatic rings. The van der Waals surface area contributed by atoms with Gasteiger partial charge < -0.3 is 5.11 Å². The Balaban J connectivity index is 1.47. The van der Waals surface area contributed by atoms with Gasteiger partial charge in [-0.25, -0.2) is 0 Å². The highest BCUT2D eigenvalue weighted by atomic mass is 32.2. The van der Waals surface area contributed by atoms with E-state index >= 15 is 0 Å². The lowest BCUT2D eigenvalue weighted by molar-refractivity contribution is 0.144. The maximum Gasteiger partial charge on any atom is 0.0636 e. The van der Waals surface area contributed by atoms with E-state index in [0.717, 1.165) is 29.9 Å². The van der Waals surface area contributed by atoms with Crippen molar-refractivity contribution in [2.75, 3.05) is 5.75 Å². The molecule has 2 aliphatic rings. The molecule has 0 saturated heterocycles. The number of aliphatic hydroxyl groups excluding tert-OH is 1. The van der Waals surface area contributed by atoms with Crippen molar-refractivity contribution in [3.05, 3.63) is 29.8 Å². The number of aryl methyl sites for hydroxylation is 1. The first-order chi connectivity index (χ1) is 9.22. The summed E-state index contributed by atoms with van der Waals surface area (Å²) in [5, 5.41) is 10.3. The zero-order valence-electron chi connectivity index (χ0n) is 11.7. The first kappa shape index (κ1) is 13.5. The van der Waals surface area contributed by atoms with Crippen LogP contribution in [0, 0.1) is 24.7 Å². The minimum Gasteiger partial charge on any atom is -0.392 e. The summed E-state index contributed by atoms with van der Waals surface area (Å²) >= 11 is 1.81. The molecule has 2 bridgehead atoms. The standard InChI is InChI=1S/C17H24OS/c1-12-4-2-3-5-17(12)19-11-16(18)10-15-9-13-6-7-14(15)8-13/h2-5,13-16,18H,6-11H2,1H3. The van der Waals surface area contributed by atoms with Crippen molar-refractivity contribution in [2.24, 2.45) is 17.8 Å². The molecule has 4 unspecified atom stereocenters. The van der Waals surface area contributed by atoms with Gasteiger partial charge >= 0.3 is 0 Å². The highest BCUT2D eigenvalue weighted by Gasteiger charge is 2.39. The lowest BCUT2D eigenvalue weighted by atomic mass is 9.85. The SMILES string of the molecule is Cc1ccccc1SCC(O)CC1CC2CCC1C2. The number of hydrogen-bond donors (Lipinski definition) is 1. The number of benzene rings is 1. The Morgan fingerprint density at radius 1 is 1.26 bits per heavy atom. The molecule has 0 aliphatic heterocycles. The van der Waals surface area contributed by atoms with Crippen LogP contribution in [0.3, 0.4) is 0 Å². The molecule has 0 radical (unpaired) electrons. The molecule has 1 aromatic carbocycles. The number of rotatable bonds is 5. The lowest BCUT2D eigenvalue weighted by Crippen LogP contribution is -2.20. The summed E-state index contributed by atoms with van der Waals surface area (Å²) in [7, 11) is 0. The first-order valence-electron chi connectivity index (χ1n) is 7.59. The molecule has 0 amide bonds. The van der Waals surface area contributed by atoms with Crippen molar-refractivity contribution < 1.29 is 5.11 Å². The molecule has 19 heavy (non-hydrogen) atoms. The second-order valence-electron chi connectivity index (χ2n) is 6.40. The highest BCUT2D eigenvalue weighted by Crippen LogP contribution is 2.50. The van der Waals surface area contributed by atoms with Crippen molar-refractivity contribution in [2.45, 2.75) is 50.0 Å².